The normalized spacial score (nSPS) is 11.4. The zero-order valence-corrected chi connectivity index (χ0v) is 16.8. The molecule has 4 aromatic rings. The number of anilines is 1. The van der Waals surface area contributed by atoms with Crippen LogP contribution in [0.4, 0.5) is 10.5 Å². The Hall–Kier alpha value is -3.80. The number of rotatable bonds is 5. The summed E-state index contributed by atoms with van der Waals surface area (Å²) in [6, 6.07) is 23.4. The molecule has 0 spiro atoms. The van der Waals surface area contributed by atoms with Gasteiger partial charge in [0.25, 0.3) is 0 Å². The van der Waals surface area contributed by atoms with Crippen LogP contribution >= 0.6 is 0 Å². The van der Waals surface area contributed by atoms with Crippen LogP contribution in [0, 0.1) is 0 Å². The topological polar surface area (TPSA) is 75.8 Å². The number of phenols is 1. The Bertz CT molecular complexity index is 1140. The Balaban J connectivity index is 1.72. The molecule has 0 saturated carbocycles. The number of phenolic OH excluding ortho intramolecular Hbond substituents is 1. The van der Waals surface area contributed by atoms with Crippen molar-refractivity contribution in [1.29, 1.82) is 0 Å². The van der Waals surface area contributed by atoms with Crippen LogP contribution in [-0.4, -0.2) is 16.2 Å². The Morgan fingerprint density at radius 1 is 1.00 bits per heavy atom. The lowest BCUT2D eigenvalue weighted by Gasteiger charge is -2.35. The maximum absolute atomic E-state index is 13.2. The molecule has 0 atom stereocenters. The van der Waals surface area contributed by atoms with Crippen LogP contribution in [0.5, 0.6) is 5.75 Å². The monoisotopic (exact) mass is 402 g/mol. The number of carbonyl (C=O) groups is 1. The molecule has 1 aromatic heterocycles. The number of hydrogen-bond acceptors (Lipinski definition) is 5. The average molecular weight is 402 g/mol. The third-order valence-corrected chi connectivity index (χ3v) is 4.89. The van der Waals surface area contributed by atoms with Gasteiger partial charge < -0.3 is 14.3 Å². The second kappa shape index (κ2) is 7.91. The van der Waals surface area contributed by atoms with Gasteiger partial charge in [-0.1, -0.05) is 54.6 Å². The highest BCUT2D eigenvalue weighted by atomic mass is 16.6. The van der Waals surface area contributed by atoms with Crippen LogP contribution in [-0.2, 0) is 16.9 Å². The van der Waals surface area contributed by atoms with Crippen LogP contribution in [0.1, 0.15) is 25.3 Å². The molecule has 0 bridgehead atoms. The van der Waals surface area contributed by atoms with Crippen LogP contribution < -0.4 is 4.90 Å². The summed E-state index contributed by atoms with van der Waals surface area (Å²) in [7, 11) is 0. The lowest BCUT2D eigenvalue weighted by atomic mass is 10.0. The fourth-order valence-electron chi connectivity index (χ4n) is 3.29. The molecule has 4 rings (SSSR count). The van der Waals surface area contributed by atoms with Gasteiger partial charge in [0.15, 0.2) is 5.58 Å². The van der Waals surface area contributed by atoms with Gasteiger partial charge in [0.2, 0.25) is 5.89 Å². The molecule has 0 saturated heterocycles. The highest BCUT2D eigenvalue weighted by Gasteiger charge is 2.40. The summed E-state index contributed by atoms with van der Waals surface area (Å²) in [5.74, 6) is 0.293. The average Bonchev–Trinajstić information content (AvgIpc) is 3.20. The standard InChI is InChI=1S/C24H22N2O4/c1-24(2,22-25-18-12-6-9-15-21(18)30-22)26(19-13-7-8-14-20(19)27)23(28)29-16-17-10-4-3-5-11-17/h3-15,27H,16H2,1-2H3. The Labute approximate surface area is 174 Å². The zero-order chi connectivity index (χ0) is 21.1. The van der Waals surface area contributed by atoms with Gasteiger partial charge in [-0.25, -0.2) is 9.78 Å². The first kappa shape index (κ1) is 19.5. The SMILES string of the molecule is CC(C)(c1nc2ccccc2o1)N(C(=O)OCc1ccccc1)c1ccccc1O. The minimum Gasteiger partial charge on any atom is -0.506 e. The maximum atomic E-state index is 13.2. The van der Waals surface area contributed by atoms with E-state index in [1.54, 1.807) is 32.0 Å². The first-order chi connectivity index (χ1) is 14.5. The molecule has 0 aliphatic carbocycles. The number of nitrogens with zero attached hydrogens (tertiary/aromatic N) is 2. The second-order valence-electron chi connectivity index (χ2n) is 7.41. The first-order valence-corrected chi connectivity index (χ1v) is 9.62. The summed E-state index contributed by atoms with van der Waals surface area (Å²) in [5, 5.41) is 10.5. The Morgan fingerprint density at radius 3 is 2.40 bits per heavy atom. The number of aromatic hydroxyl groups is 1. The molecule has 0 aliphatic heterocycles. The summed E-state index contributed by atoms with van der Waals surface area (Å²) < 4.78 is 11.5. The van der Waals surface area contributed by atoms with Gasteiger partial charge in [0.05, 0.1) is 5.69 Å². The fourth-order valence-corrected chi connectivity index (χ4v) is 3.29. The first-order valence-electron chi connectivity index (χ1n) is 9.62. The predicted molar refractivity (Wildman–Crippen MR) is 114 cm³/mol. The van der Waals surface area contributed by atoms with E-state index in [4.69, 9.17) is 9.15 Å². The third-order valence-electron chi connectivity index (χ3n) is 4.89. The van der Waals surface area contributed by atoms with Crippen molar-refractivity contribution in [3.63, 3.8) is 0 Å². The van der Waals surface area contributed by atoms with Gasteiger partial charge in [-0.2, -0.15) is 0 Å². The van der Waals surface area contributed by atoms with E-state index in [9.17, 15) is 9.90 Å². The molecule has 30 heavy (non-hydrogen) atoms. The third kappa shape index (κ3) is 3.72. The molecule has 0 unspecified atom stereocenters. The Morgan fingerprint density at radius 2 is 1.67 bits per heavy atom. The van der Waals surface area contributed by atoms with E-state index in [-0.39, 0.29) is 12.4 Å². The largest absolute Gasteiger partial charge is 0.506 e. The second-order valence-corrected chi connectivity index (χ2v) is 7.41. The van der Waals surface area contributed by atoms with Crippen molar-refractivity contribution >= 4 is 22.9 Å². The van der Waals surface area contributed by atoms with Crippen molar-refractivity contribution in [3.8, 4) is 5.75 Å². The molecule has 152 valence electrons. The molecule has 1 N–H and O–H groups in total. The maximum Gasteiger partial charge on any atom is 0.415 e. The molecule has 1 heterocycles. The van der Waals surface area contributed by atoms with Crippen LogP contribution in [0.15, 0.2) is 83.3 Å². The summed E-state index contributed by atoms with van der Waals surface area (Å²) in [5.41, 5.74) is 1.45. The van der Waals surface area contributed by atoms with Crippen molar-refractivity contribution in [1.82, 2.24) is 4.98 Å². The fraction of sp³-hybridized carbons (Fsp3) is 0.167. The van der Waals surface area contributed by atoms with Gasteiger partial charge >= 0.3 is 6.09 Å². The van der Waals surface area contributed by atoms with Crippen LogP contribution in [0.25, 0.3) is 11.1 Å². The van der Waals surface area contributed by atoms with Crippen LogP contribution in [0.3, 0.4) is 0 Å². The highest BCUT2D eigenvalue weighted by molar-refractivity contribution is 5.91. The Kier molecular flexibility index (Phi) is 5.14. The number of fused-ring (bicyclic) bond motifs is 1. The van der Waals surface area contributed by atoms with Crippen molar-refractivity contribution in [3.05, 3.63) is 90.3 Å². The lowest BCUT2D eigenvalue weighted by Crippen LogP contribution is -2.46. The van der Waals surface area contributed by atoms with Gasteiger partial charge in [0, 0.05) is 0 Å². The van der Waals surface area contributed by atoms with E-state index in [1.807, 2.05) is 54.6 Å². The minimum absolute atomic E-state index is 0.0432. The molecule has 6 heteroatoms. The van der Waals surface area contributed by atoms with E-state index >= 15 is 0 Å². The molecule has 0 aliphatic rings. The van der Waals surface area contributed by atoms with Gasteiger partial charge in [-0.05, 0) is 43.7 Å². The van der Waals surface area contributed by atoms with E-state index in [2.05, 4.69) is 4.98 Å². The van der Waals surface area contributed by atoms with Crippen LogP contribution in [0.2, 0.25) is 0 Å². The number of para-hydroxylation sites is 4. The van der Waals surface area contributed by atoms with Crippen molar-refractivity contribution in [2.75, 3.05) is 4.90 Å². The van der Waals surface area contributed by atoms with Crippen molar-refractivity contribution in [2.24, 2.45) is 0 Å². The molecule has 6 nitrogen and oxygen atoms in total. The van der Waals surface area contributed by atoms with E-state index in [1.165, 1.54) is 11.0 Å². The summed E-state index contributed by atoms with van der Waals surface area (Å²) >= 11 is 0. The number of oxazole rings is 1. The molecular formula is C24H22N2O4. The summed E-state index contributed by atoms with van der Waals surface area (Å²) in [6.07, 6.45) is -0.618. The molecular weight excluding hydrogens is 380 g/mol. The van der Waals surface area contributed by atoms with E-state index in [0.29, 0.717) is 22.7 Å². The minimum atomic E-state index is -1.04. The number of benzene rings is 3. The van der Waals surface area contributed by atoms with Gasteiger partial charge in [0.1, 0.15) is 23.4 Å². The number of amides is 1. The molecule has 1 amide bonds. The lowest BCUT2D eigenvalue weighted by molar-refractivity contribution is 0.138. The number of hydrogen-bond donors (Lipinski definition) is 1. The van der Waals surface area contributed by atoms with E-state index < -0.39 is 11.6 Å². The highest BCUT2D eigenvalue weighted by Crippen LogP contribution is 2.38. The van der Waals surface area contributed by atoms with Gasteiger partial charge in [-0.3, -0.25) is 4.90 Å². The van der Waals surface area contributed by atoms with E-state index in [0.717, 1.165) is 5.56 Å². The summed E-state index contributed by atoms with van der Waals surface area (Å²) in [4.78, 5) is 19.2. The number of carbonyl (C=O) groups excluding carboxylic acids is 1. The predicted octanol–water partition coefficient (Wildman–Crippen LogP) is 5.61. The molecule has 0 radical (unpaired) electrons. The zero-order valence-electron chi connectivity index (χ0n) is 16.8. The molecule has 3 aromatic carbocycles. The summed E-state index contributed by atoms with van der Waals surface area (Å²) in [6.45, 7) is 3.70. The molecule has 0 fully saturated rings. The quantitative estimate of drug-likeness (QED) is 0.469. The smallest absolute Gasteiger partial charge is 0.415 e. The van der Waals surface area contributed by atoms with Gasteiger partial charge in [-0.15, -0.1) is 0 Å². The van der Waals surface area contributed by atoms with Crippen molar-refractivity contribution < 1.29 is 19.1 Å². The number of ether oxygens (including phenoxy) is 1. The van der Waals surface area contributed by atoms with Crippen molar-refractivity contribution in [2.45, 2.75) is 26.0 Å². The number of aromatic nitrogens is 1.